The lowest BCUT2D eigenvalue weighted by atomic mass is 9.99. The molecule has 0 aliphatic carbocycles. The van der Waals surface area contributed by atoms with Crippen molar-refractivity contribution in [2.24, 2.45) is 0 Å². The van der Waals surface area contributed by atoms with Crippen molar-refractivity contribution < 1.29 is 37.1 Å². The molecule has 188 valence electrons. The zero-order valence-electron chi connectivity index (χ0n) is 19.9. The van der Waals surface area contributed by atoms with Gasteiger partial charge in [-0.3, -0.25) is 4.79 Å². The maximum Gasteiger partial charge on any atom is 0.450 e. The molecule has 1 atom stereocenters. The minimum atomic E-state index is -4.97. The van der Waals surface area contributed by atoms with Crippen LogP contribution in [-0.4, -0.2) is 26.4 Å². The van der Waals surface area contributed by atoms with Gasteiger partial charge in [-0.05, 0) is 29.8 Å². The van der Waals surface area contributed by atoms with E-state index in [1.807, 2.05) is 37.4 Å². The maximum absolute atomic E-state index is 14.2. The molecule has 0 amide bonds. The second kappa shape index (κ2) is 9.94. The van der Waals surface area contributed by atoms with Crippen molar-refractivity contribution in [3.8, 4) is 28.4 Å². The number of ether oxygens (including phenoxy) is 2. The number of fused-ring (bicyclic) bond motifs is 1. The molecule has 1 unspecified atom stereocenters. The lowest BCUT2D eigenvalue weighted by molar-refractivity contribution is -0.907. The number of hydrogen-bond donors (Lipinski definition) is 2. The quantitative estimate of drug-likeness (QED) is 0.393. The summed E-state index contributed by atoms with van der Waals surface area (Å²) in [6.07, 6.45) is -4.97. The van der Waals surface area contributed by atoms with Gasteiger partial charge in [0.15, 0.2) is 17.1 Å². The Kier molecular flexibility index (Phi) is 6.94. The average Bonchev–Trinajstić information content (AvgIpc) is 2.85. The Morgan fingerprint density at radius 1 is 0.944 bits per heavy atom. The van der Waals surface area contributed by atoms with Crippen molar-refractivity contribution in [1.29, 1.82) is 0 Å². The highest BCUT2D eigenvalue weighted by molar-refractivity contribution is 5.87. The van der Waals surface area contributed by atoms with Crippen LogP contribution in [0.3, 0.4) is 0 Å². The Morgan fingerprint density at radius 2 is 1.64 bits per heavy atom. The number of alkyl halides is 3. The molecule has 0 aliphatic heterocycles. The molecule has 0 bridgehead atoms. The van der Waals surface area contributed by atoms with Crippen LogP contribution >= 0.6 is 0 Å². The summed E-state index contributed by atoms with van der Waals surface area (Å²) in [4.78, 5) is 14.3. The Balaban J connectivity index is 1.89. The van der Waals surface area contributed by atoms with E-state index < -0.39 is 22.9 Å². The van der Waals surface area contributed by atoms with Gasteiger partial charge in [0, 0.05) is 5.56 Å². The number of benzene rings is 3. The van der Waals surface area contributed by atoms with E-state index in [0.717, 1.165) is 10.5 Å². The molecule has 4 rings (SSSR count). The van der Waals surface area contributed by atoms with E-state index >= 15 is 0 Å². The Labute approximate surface area is 205 Å². The highest BCUT2D eigenvalue weighted by Gasteiger charge is 2.40. The third-order valence-electron chi connectivity index (χ3n) is 5.90. The zero-order valence-corrected chi connectivity index (χ0v) is 19.9. The predicted molar refractivity (Wildman–Crippen MR) is 128 cm³/mol. The summed E-state index contributed by atoms with van der Waals surface area (Å²) in [6.45, 7) is 0.685. The van der Waals surface area contributed by atoms with Gasteiger partial charge in [0.25, 0.3) is 0 Å². The van der Waals surface area contributed by atoms with E-state index in [0.29, 0.717) is 12.3 Å². The topological polar surface area (TPSA) is 73.3 Å². The van der Waals surface area contributed by atoms with Gasteiger partial charge in [0.1, 0.15) is 18.8 Å². The van der Waals surface area contributed by atoms with Crippen molar-refractivity contribution >= 4 is 11.0 Å². The van der Waals surface area contributed by atoms with Crippen molar-refractivity contribution in [3.63, 3.8) is 0 Å². The molecule has 0 saturated heterocycles. The van der Waals surface area contributed by atoms with E-state index in [4.69, 9.17) is 13.9 Å². The van der Waals surface area contributed by atoms with Crippen LogP contribution in [0.25, 0.3) is 22.1 Å². The Hall–Kier alpha value is -3.98. The van der Waals surface area contributed by atoms with E-state index in [9.17, 15) is 23.1 Å². The summed E-state index contributed by atoms with van der Waals surface area (Å²) in [6, 6.07) is 16.2. The minimum absolute atomic E-state index is 0.0305. The molecule has 9 heteroatoms. The summed E-state index contributed by atoms with van der Waals surface area (Å²) >= 11 is 0. The monoisotopic (exact) mass is 500 g/mol. The average molecular weight is 500 g/mol. The largest absolute Gasteiger partial charge is 0.507 e. The normalized spacial score (nSPS) is 12.5. The first-order valence-electron chi connectivity index (χ1n) is 11.1. The van der Waals surface area contributed by atoms with Gasteiger partial charge in [-0.25, -0.2) is 0 Å². The standard InChI is InChI=1S/C27H24F3NO5/c1-31(14-16-7-5-4-6-8-16)15-19-20(32)11-10-18-24(33)23(26(27(28,29)30)36-25(18)19)17-9-12-21(34-2)22(13-17)35-3/h4-13,32H,14-15H2,1-3H3/p+1. The van der Waals surface area contributed by atoms with Crippen LogP contribution in [0.4, 0.5) is 13.2 Å². The molecule has 1 heterocycles. The molecule has 0 fully saturated rings. The second-order valence-corrected chi connectivity index (χ2v) is 8.44. The SMILES string of the molecule is COc1ccc(-c2c(C(F)(F)F)oc3c(C[NH+](C)Cc4ccccc4)c(O)ccc3c2=O)cc1OC. The van der Waals surface area contributed by atoms with Gasteiger partial charge in [-0.2, -0.15) is 13.2 Å². The fraction of sp³-hybridized carbons (Fsp3) is 0.222. The van der Waals surface area contributed by atoms with Gasteiger partial charge in [0.05, 0.1) is 37.8 Å². The summed E-state index contributed by atoms with van der Waals surface area (Å²) < 4.78 is 58.4. The molecule has 6 nitrogen and oxygen atoms in total. The predicted octanol–water partition coefficient (Wildman–Crippen LogP) is 4.42. The number of rotatable bonds is 7. The Bertz CT molecular complexity index is 1450. The lowest BCUT2D eigenvalue weighted by Crippen LogP contribution is -3.06. The van der Waals surface area contributed by atoms with E-state index in [1.165, 1.54) is 44.6 Å². The number of phenols is 1. The van der Waals surface area contributed by atoms with Gasteiger partial charge >= 0.3 is 6.18 Å². The molecule has 2 N–H and O–H groups in total. The molecule has 0 spiro atoms. The Morgan fingerprint density at radius 3 is 2.28 bits per heavy atom. The first-order valence-corrected chi connectivity index (χ1v) is 11.1. The van der Waals surface area contributed by atoms with Crippen LogP contribution < -0.4 is 19.8 Å². The summed E-state index contributed by atoms with van der Waals surface area (Å²) in [5.74, 6) is -1.22. The highest BCUT2D eigenvalue weighted by atomic mass is 19.4. The van der Waals surface area contributed by atoms with Crippen LogP contribution in [0.5, 0.6) is 17.2 Å². The van der Waals surface area contributed by atoms with Crippen molar-refractivity contribution in [2.45, 2.75) is 19.3 Å². The minimum Gasteiger partial charge on any atom is -0.507 e. The summed E-state index contributed by atoms with van der Waals surface area (Å²) in [5.41, 5.74) is -0.679. The van der Waals surface area contributed by atoms with Gasteiger partial charge < -0.3 is 23.9 Å². The maximum atomic E-state index is 14.2. The number of methoxy groups -OCH3 is 2. The van der Waals surface area contributed by atoms with Gasteiger partial charge in [0.2, 0.25) is 11.2 Å². The van der Waals surface area contributed by atoms with Gasteiger partial charge in [-0.1, -0.05) is 36.4 Å². The smallest absolute Gasteiger partial charge is 0.450 e. The van der Waals surface area contributed by atoms with Crippen LogP contribution in [0.2, 0.25) is 0 Å². The molecule has 0 saturated carbocycles. The summed E-state index contributed by atoms with van der Waals surface area (Å²) in [5, 5.41) is 10.5. The number of quaternary nitrogens is 1. The molecule has 36 heavy (non-hydrogen) atoms. The molecular weight excluding hydrogens is 475 g/mol. The number of aromatic hydroxyl groups is 1. The highest BCUT2D eigenvalue weighted by Crippen LogP contribution is 2.40. The van der Waals surface area contributed by atoms with Crippen molar-refractivity contribution in [1.82, 2.24) is 0 Å². The molecular formula is C27H25F3NO5+. The van der Waals surface area contributed by atoms with E-state index in [2.05, 4.69) is 0 Å². The van der Waals surface area contributed by atoms with Crippen LogP contribution in [0.15, 0.2) is 69.9 Å². The fourth-order valence-electron chi connectivity index (χ4n) is 4.24. The van der Waals surface area contributed by atoms with Crippen LogP contribution in [-0.2, 0) is 19.3 Å². The lowest BCUT2D eigenvalue weighted by Gasteiger charge is -2.18. The number of phenolic OH excluding ortho intramolecular Hbond substituents is 1. The van der Waals surface area contributed by atoms with Crippen LogP contribution in [0, 0.1) is 0 Å². The summed E-state index contributed by atoms with van der Waals surface area (Å²) in [7, 11) is 4.58. The van der Waals surface area contributed by atoms with Gasteiger partial charge in [-0.15, -0.1) is 0 Å². The van der Waals surface area contributed by atoms with E-state index in [-0.39, 0.29) is 40.1 Å². The van der Waals surface area contributed by atoms with Crippen molar-refractivity contribution in [2.75, 3.05) is 21.3 Å². The third kappa shape index (κ3) is 4.87. The number of halogens is 3. The zero-order chi connectivity index (χ0) is 26.0. The molecule has 4 aromatic rings. The number of hydrogen-bond acceptors (Lipinski definition) is 5. The molecule has 3 aromatic carbocycles. The number of nitrogens with one attached hydrogen (secondary N) is 1. The van der Waals surface area contributed by atoms with Crippen LogP contribution in [0.1, 0.15) is 16.9 Å². The van der Waals surface area contributed by atoms with Crippen molar-refractivity contribution in [3.05, 3.63) is 87.8 Å². The van der Waals surface area contributed by atoms with E-state index in [1.54, 1.807) is 0 Å². The molecule has 0 radical (unpaired) electrons. The second-order valence-electron chi connectivity index (χ2n) is 8.44. The molecule has 1 aromatic heterocycles. The molecule has 0 aliphatic rings. The first kappa shape index (κ1) is 25.1. The fourth-order valence-corrected chi connectivity index (χ4v) is 4.24. The first-order chi connectivity index (χ1) is 17.1. The third-order valence-corrected chi connectivity index (χ3v) is 5.90.